The SMILES string of the molecule is CC[C@H](C(=O)N[C@@H](C)CC)N(Cc1cccc(C)c1)C(=O)Cc1c(F)cccc1Cl. The zero-order chi connectivity index (χ0) is 22.3. The maximum Gasteiger partial charge on any atom is 0.243 e. The van der Waals surface area contributed by atoms with Gasteiger partial charge in [-0.2, -0.15) is 0 Å². The first-order valence-electron chi connectivity index (χ1n) is 10.3. The predicted octanol–water partition coefficient (Wildman–Crippen LogP) is 5.05. The Hall–Kier alpha value is -2.40. The molecule has 0 spiro atoms. The van der Waals surface area contributed by atoms with Crippen LogP contribution in [0.3, 0.4) is 0 Å². The molecule has 2 amide bonds. The molecular weight excluding hydrogens is 403 g/mol. The molecule has 0 aromatic heterocycles. The summed E-state index contributed by atoms with van der Waals surface area (Å²) in [6.45, 7) is 8.02. The van der Waals surface area contributed by atoms with Gasteiger partial charge in [-0.15, -0.1) is 0 Å². The molecule has 0 saturated heterocycles. The minimum atomic E-state index is -0.655. The molecule has 2 aromatic rings. The van der Waals surface area contributed by atoms with Gasteiger partial charge in [-0.25, -0.2) is 4.39 Å². The summed E-state index contributed by atoms with van der Waals surface area (Å²) in [6, 6.07) is 11.5. The molecule has 2 atom stereocenters. The van der Waals surface area contributed by atoms with E-state index in [1.54, 1.807) is 6.07 Å². The van der Waals surface area contributed by atoms with Crippen molar-refractivity contribution >= 4 is 23.4 Å². The van der Waals surface area contributed by atoms with Gasteiger partial charge in [0.15, 0.2) is 0 Å². The smallest absolute Gasteiger partial charge is 0.243 e. The largest absolute Gasteiger partial charge is 0.352 e. The van der Waals surface area contributed by atoms with Gasteiger partial charge in [0, 0.05) is 23.2 Å². The molecule has 6 heteroatoms. The molecule has 0 aliphatic rings. The molecule has 0 bridgehead atoms. The molecule has 0 aliphatic carbocycles. The van der Waals surface area contributed by atoms with Gasteiger partial charge < -0.3 is 10.2 Å². The number of aryl methyl sites for hydroxylation is 1. The standard InChI is InChI=1S/C24H30ClFN2O2/c1-5-17(4)27-24(30)22(6-2)28(15-18-10-7-9-16(3)13-18)23(29)14-19-20(25)11-8-12-21(19)26/h7-13,17,22H,5-6,14-15H2,1-4H3,(H,27,30)/t17-,22+/m0/s1. The second kappa shape index (κ2) is 11.1. The van der Waals surface area contributed by atoms with Gasteiger partial charge in [-0.1, -0.05) is 61.3 Å². The van der Waals surface area contributed by atoms with Crippen LogP contribution < -0.4 is 5.32 Å². The second-order valence-electron chi connectivity index (χ2n) is 7.63. The Balaban J connectivity index is 2.35. The molecule has 0 radical (unpaired) electrons. The monoisotopic (exact) mass is 432 g/mol. The van der Waals surface area contributed by atoms with Gasteiger partial charge in [0.2, 0.25) is 11.8 Å². The van der Waals surface area contributed by atoms with Gasteiger partial charge in [-0.3, -0.25) is 9.59 Å². The molecule has 0 saturated carbocycles. The zero-order valence-electron chi connectivity index (χ0n) is 18.0. The summed E-state index contributed by atoms with van der Waals surface area (Å²) < 4.78 is 14.3. The highest BCUT2D eigenvalue weighted by atomic mass is 35.5. The lowest BCUT2D eigenvalue weighted by molar-refractivity contribution is -0.141. The van der Waals surface area contributed by atoms with Crippen molar-refractivity contribution in [2.75, 3.05) is 0 Å². The van der Waals surface area contributed by atoms with Crippen molar-refractivity contribution in [1.29, 1.82) is 0 Å². The highest BCUT2D eigenvalue weighted by Crippen LogP contribution is 2.22. The fraction of sp³-hybridized carbons (Fsp3) is 0.417. The summed E-state index contributed by atoms with van der Waals surface area (Å²) in [5, 5.41) is 3.17. The van der Waals surface area contributed by atoms with Crippen LogP contribution in [0, 0.1) is 12.7 Å². The third-order valence-electron chi connectivity index (χ3n) is 5.21. The van der Waals surface area contributed by atoms with E-state index in [-0.39, 0.29) is 41.4 Å². The molecule has 30 heavy (non-hydrogen) atoms. The van der Waals surface area contributed by atoms with Crippen LogP contribution in [-0.2, 0) is 22.6 Å². The summed E-state index contributed by atoms with van der Waals surface area (Å²) in [4.78, 5) is 27.8. The number of carbonyl (C=O) groups is 2. The van der Waals surface area contributed by atoms with Crippen LogP contribution >= 0.6 is 11.6 Å². The van der Waals surface area contributed by atoms with E-state index in [9.17, 15) is 14.0 Å². The summed E-state index contributed by atoms with van der Waals surface area (Å²) >= 11 is 6.13. The molecule has 0 fully saturated rings. The third kappa shape index (κ3) is 6.30. The van der Waals surface area contributed by atoms with Crippen molar-refractivity contribution in [2.24, 2.45) is 0 Å². The van der Waals surface area contributed by atoms with E-state index in [1.165, 1.54) is 17.0 Å². The van der Waals surface area contributed by atoms with Crippen LogP contribution in [0.15, 0.2) is 42.5 Å². The molecule has 162 valence electrons. The van der Waals surface area contributed by atoms with Gasteiger partial charge in [0.25, 0.3) is 0 Å². The Morgan fingerprint density at radius 2 is 1.83 bits per heavy atom. The minimum Gasteiger partial charge on any atom is -0.352 e. The van der Waals surface area contributed by atoms with Crippen molar-refractivity contribution in [3.8, 4) is 0 Å². The van der Waals surface area contributed by atoms with Gasteiger partial charge in [0.05, 0.1) is 6.42 Å². The second-order valence-corrected chi connectivity index (χ2v) is 8.04. The van der Waals surface area contributed by atoms with E-state index in [1.807, 2.05) is 52.0 Å². The fourth-order valence-electron chi connectivity index (χ4n) is 3.32. The van der Waals surface area contributed by atoms with Crippen molar-refractivity contribution in [3.63, 3.8) is 0 Å². The minimum absolute atomic E-state index is 0.00323. The first-order chi connectivity index (χ1) is 14.3. The van der Waals surface area contributed by atoms with Crippen molar-refractivity contribution < 1.29 is 14.0 Å². The number of benzene rings is 2. The predicted molar refractivity (Wildman–Crippen MR) is 119 cm³/mol. The van der Waals surface area contributed by atoms with Crippen LogP contribution in [0.1, 0.15) is 50.3 Å². The molecule has 0 unspecified atom stereocenters. The third-order valence-corrected chi connectivity index (χ3v) is 5.57. The maximum absolute atomic E-state index is 14.3. The highest BCUT2D eigenvalue weighted by molar-refractivity contribution is 6.31. The molecule has 0 heterocycles. The molecule has 0 aliphatic heterocycles. The lowest BCUT2D eigenvalue weighted by Gasteiger charge is -2.31. The molecular formula is C24H30ClFN2O2. The number of nitrogens with one attached hydrogen (secondary N) is 1. The molecule has 2 aromatic carbocycles. The van der Waals surface area contributed by atoms with Gasteiger partial charge >= 0.3 is 0 Å². The lowest BCUT2D eigenvalue weighted by atomic mass is 10.0. The number of hydrogen-bond acceptors (Lipinski definition) is 2. The normalized spacial score (nSPS) is 12.9. The highest BCUT2D eigenvalue weighted by Gasteiger charge is 2.30. The molecule has 2 rings (SSSR count). The summed E-state index contributed by atoms with van der Waals surface area (Å²) in [5.74, 6) is -1.06. The van der Waals surface area contributed by atoms with Crippen molar-refractivity contribution in [1.82, 2.24) is 10.2 Å². The first kappa shape index (κ1) is 23.9. The van der Waals surface area contributed by atoms with E-state index in [0.29, 0.717) is 6.42 Å². The Labute approximate surface area is 183 Å². The molecule has 4 nitrogen and oxygen atoms in total. The van der Waals surface area contributed by atoms with Crippen LogP contribution in [0.25, 0.3) is 0 Å². The quantitative estimate of drug-likeness (QED) is 0.602. The van der Waals surface area contributed by atoms with Crippen molar-refractivity contribution in [3.05, 3.63) is 70.0 Å². The Morgan fingerprint density at radius 1 is 1.13 bits per heavy atom. The first-order valence-corrected chi connectivity index (χ1v) is 10.7. The maximum atomic E-state index is 14.3. The number of carbonyl (C=O) groups excluding carboxylic acids is 2. The van der Waals surface area contributed by atoms with E-state index < -0.39 is 11.9 Å². The van der Waals surface area contributed by atoms with E-state index in [4.69, 9.17) is 11.6 Å². The van der Waals surface area contributed by atoms with Gasteiger partial charge in [0.1, 0.15) is 11.9 Å². The average molecular weight is 433 g/mol. The van der Waals surface area contributed by atoms with E-state index in [2.05, 4.69) is 5.32 Å². The summed E-state index contributed by atoms with van der Waals surface area (Å²) in [5.41, 5.74) is 2.13. The Bertz CT molecular complexity index is 867. The Kier molecular flexibility index (Phi) is 8.85. The number of amides is 2. The summed E-state index contributed by atoms with van der Waals surface area (Å²) in [6.07, 6.45) is 1.04. The average Bonchev–Trinajstić information content (AvgIpc) is 2.70. The van der Waals surface area contributed by atoms with Crippen LogP contribution in [0.5, 0.6) is 0 Å². The van der Waals surface area contributed by atoms with Crippen molar-refractivity contribution in [2.45, 2.75) is 65.6 Å². The van der Waals surface area contributed by atoms with Crippen LogP contribution in [-0.4, -0.2) is 28.8 Å². The fourth-order valence-corrected chi connectivity index (χ4v) is 3.55. The zero-order valence-corrected chi connectivity index (χ0v) is 18.8. The van der Waals surface area contributed by atoms with Crippen LogP contribution in [0.4, 0.5) is 4.39 Å². The number of halogens is 2. The van der Waals surface area contributed by atoms with E-state index in [0.717, 1.165) is 17.5 Å². The van der Waals surface area contributed by atoms with Crippen LogP contribution in [0.2, 0.25) is 5.02 Å². The van der Waals surface area contributed by atoms with E-state index >= 15 is 0 Å². The Morgan fingerprint density at radius 3 is 2.43 bits per heavy atom. The van der Waals surface area contributed by atoms with Gasteiger partial charge in [-0.05, 0) is 44.4 Å². The molecule has 1 N–H and O–H groups in total. The number of nitrogens with zero attached hydrogens (tertiary/aromatic N) is 1. The topological polar surface area (TPSA) is 49.4 Å². The number of rotatable bonds is 9. The lowest BCUT2D eigenvalue weighted by Crippen LogP contribution is -2.51. The summed E-state index contributed by atoms with van der Waals surface area (Å²) in [7, 11) is 0. The number of hydrogen-bond donors (Lipinski definition) is 1.